The summed E-state index contributed by atoms with van der Waals surface area (Å²) in [6.45, 7) is 5.71. The Bertz CT molecular complexity index is 317. The maximum atomic E-state index is 12.1. The fourth-order valence-corrected chi connectivity index (χ4v) is 3.07. The Morgan fingerprint density at radius 1 is 1.26 bits per heavy atom. The number of carboxylic acids is 1. The standard InChI is InChI=1S/C15H27NO3/c1-4-15(5-2,14(18)19)10-13(17)16-11(3)12-8-6-7-9-12/h11-12H,4-10H2,1-3H3,(H,16,17)(H,18,19). The Morgan fingerprint density at radius 2 is 1.79 bits per heavy atom. The molecule has 0 aromatic heterocycles. The monoisotopic (exact) mass is 269 g/mol. The van der Waals surface area contributed by atoms with Gasteiger partial charge in [-0.1, -0.05) is 26.7 Å². The molecule has 1 aliphatic rings. The lowest BCUT2D eigenvalue weighted by atomic mass is 9.79. The molecule has 0 spiro atoms. The maximum absolute atomic E-state index is 12.1. The molecule has 0 bridgehead atoms. The van der Waals surface area contributed by atoms with Crippen molar-refractivity contribution in [3.8, 4) is 0 Å². The topological polar surface area (TPSA) is 66.4 Å². The Hall–Kier alpha value is -1.06. The first-order chi connectivity index (χ1) is 8.95. The third kappa shape index (κ3) is 3.95. The van der Waals surface area contributed by atoms with Crippen molar-refractivity contribution < 1.29 is 14.7 Å². The van der Waals surface area contributed by atoms with Gasteiger partial charge < -0.3 is 10.4 Å². The van der Waals surface area contributed by atoms with Gasteiger partial charge >= 0.3 is 5.97 Å². The van der Waals surface area contributed by atoms with Gasteiger partial charge in [-0.25, -0.2) is 0 Å². The molecule has 1 unspecified atom stereocenters. The van der Waals surface area contributed by atoms with Crippen LogP contribution in [-0.2, 0) is 9.59 Å². The van der Waals surface area contributed by atoms with Crippen molar-refractivity contribution in [3.63, 3.8) is 0 Å². The van der Waals surface area contributed by atoms with Crippen LogP contribution in [0.3, 0.4) is 0 Å². The second kappa shape index (κ2) is 6.92. The van der Waals surface area contributed by atoms with Crippen LogP contribution < -0.4 is 5.32 Å². The zero-order valence-electron chi connectivity index (χ0n) is 12.4. The quantitative estimate of drug-likeness (QED) is 0.746. The average Bonchev–Trinajstić information content (AvgIpc) is 2.89. The van der Waals surface area contributed by atoms with E-state index in [0.717, 1.165) is 0 Å². The molecule has 0 aromatic carbocycles. The Labute approximate surface area is 116 Å². The number of hydrogen-bond donors (Lipinski definition) is 2. The molecular weight excluding hydrogens is 242 g/mol. The summed E-state index contributed by atoms with van der Waals surface area (Å²) in [5, 5.41) is 12.3. The van der Waals surface area contributed by atoms with Crippen molar-refractivity contribution >= 4 is 11.9 Å². The predicted octanol–water partition coefficient (Wildman–Crippen LogP) is 2.96. The number of carbonyl (C=O) groups is 2. The number of rotatable bonds is 7. The number of amides is 1. The van der Waals surface area contributed by atoms with Crippen molar-refractivity contribution in [2.75, 3.05) is 0 Å². The van der Waals surface area contributed by atoms with Crippen LogP contribution in [0.2, 0.25) is 0 Å². The summed E-state index contributed by atoms with van der Waals surface area (Å²) < 4.78 is 0. The molecular formula is C15H27NO3. The van der Waals surface area contributed by atoms with E-state index in [0.29, 0.717) is 18.8 Å². The summed E-state index contributed by atoms with van der Waals surface area (Å²) in [6.07, 6.45) is 5.91. The fraction of sp³-hybridized carbons (Fsp3) is 0.867. The fourth-order valence-electron chi connectivity index (χ4n) is 3.07. The molecule has 1 rings (SSSR count). The number of nitrogens with one attached hydrogen (secondary N) is 1. The lowest BCUT2D eigenvalue weighted by molar-refractivity contribution is -0.152. The van der Waals surface area contributed by atoms with E-state index in [1.165, 1.54) is 25.7 Å². The lowest BCUT2D eigenvalue weighted by Crippen LogP contribution is -2.42. The highest BCUT2D eigenvalue weighted by molar-refractivity contribution is 5.85. The Balaban J connectivity index is 2.55. The molecule has 4 heteroatoms. The summed E-state index contributed by atoms with van der Waals surface area (Å²) in [7, 11) is 0. The summed E-state index contributed by atoms with van der Waals surface area (Å²) >= 11 is 0. The van der Waals surface area contributed by atoms with Gasteiger partial charge in [0.25, 0.3) is 0 Å². The molecule has 19 heavy (non-hydrogen) atoms. The zero-order valence-corrected chi connectivity index (χ0v) is 12.4. The molecule has 1 saturated carbocycles. The van der Waals surface area contributed by atoms with E-state index >= 15 is 0 Å². The van der Waals surface area contributed by atoms with E-state index in [1.807, 2.05) is 20.8 Å². The highest BCUT2D eigenvalue weighted by atomic mass is 16.4. The van der Waals surface area contributed by atoms with Gasteiger partial charge in [0, 0.05) is 12.5 Å². The van der Waals surface area contributed by atoms with Gasteiger partial charge in [-0.15, -0.1) is 0 Å². The van der Waals surface area contributed by atoms with E-state index in [4.69, 9.17) is 0 Å². The summed E-state index contributed by atoms with van der Waals surface area (Å²) in [4.78, 5) is 23.5. The van der Waals surface area contributed by atoms with Crippen LogP contribution in [0.4, 0.5) is 0 Å². The summed E-state index contributed by atoms with van der Waals surface area (Å²) in [5.41, 5.74) is -0.903. The van der Waals surface area contributed by atoms with Crippen LogP contribution in [0, 0.1) is 11.3 Å². The Morgan fingerprint density at radius 3 is 2.21 bits per heavy atom. The second-order valence-corrected chi connectivity index (χ2v) is 5.87. The maximum Gasteiger partial charge on any atom is 0.310 e. The van der Waals surface area contributed by atoms with Crippen LogP contribution in [0.1, 0.15) is 65.7 Å². The summed E-state index contributed by atoms with van der Waals surface area (Å²) in [5.74, 6) is -0.418. The molecule has 110 valence electrons. The normalized spacial score (nSPS) is 18.3. The van der Waals surface area contributed by atoms with Crippen molar-refractivity contribution in [2.24, 2.45) is 11.3 Å². The first kappa shape index (κ1) is 16.0. The second-order valence-electron chi connectivity index (χ2n) is 5.87. The molecule has 0 saturated heterocycles. The van der Waals surface area contributed by atoms with E-state index in [2.05, 4.69) is 5.32 Å². The molecule has 2 N–H and O–H groups in total. The molecule has 1 atom stereocenters. The molecule has 0 radical (unpaired) electrons. The van der Waals surface area contributed by atoms with Crippen LogP contribution >= 0.6 is 0 Å². The number of carboxylic acid groups (broad SMARTS) is 1. The molecule has 0 heterocycles. The van der Waals surface area contributed by atoms with Crippen LogP contribution in [0.15, 0.2) is 0 Å². The predicted molar refractivity (Wildman–Crippen MR) is 74.8 cm³/mol. The largest absolute Gasteiger partial charge is 0.481 e. The van der Waals surface area contributed by atoms with E-state index in [-0.39, 0.29) is 18.4 Å². The highest BCUT2D eigenvalue weighted by Crippen LogP contribution is 2.32. The van der Waals surface area contributed by atoms with E-state index < -0.39 is 11.4 Å². The third-order valence-corrected chi connectivity index (χ3v) is 4.80. The zero-order chi connectivity index (χ0) is 14.5. The highest BCUT2D eigenvalue weighted by Gasteiger charge is 2.37. The van der Waals surface area contributed by atoms with Gasteiger partial charge in [0.05, 0.1) is 5.41 Å². The number of hydrogen-bond acceptors (Lipinski definition) is 2. The van der Waals surface area contributed by atoms with E-state index in [9.17, 15) is 14.7 Å². The van der Waals surface area contributed by atoms with Gasteiger partial charge in [0.2, 0.25) is 5.91 Å². The number of aliphatic carboxylic acids is 1. The van der Waals surface area contributed by atoms with Gasteiger partial charge in [-0.3, -0.25) is 9.59 Å². The molecule has 0 aromatic rings. The first-order valence-corrected chi connectivity index (χ1v) is 7.48. The number of carbonyl (C=O) groups excluding carboxylic acids is 1. The van der Waals surface area contributed by atoms with Gasteiger partial charge in [0.15, 0.2) is 0 Å². The molecule has 1 aliphatic carbocycles. The van der Waals surface area contributed by atoms with Gasteiger partial charge in [0.1, 0.15) is 0 Å². The molecule has 0 aliphatic heterocycles. The minimum absolute atomic E-state index is 0.0897. The third-order valence-electron chi connectivity index (χ3n) is 4.80. The Kier molecular flexibility index (Phi) is 5.83. The first-order valence-electron chi connectivity index (χ1n) is 7.48. The summed E-state index contributed by atoms with van der Waals surface area (Å²) in [6, 6.07) is 0.162. The molecule has 4 nitrogen and oxygen atoms in total. The van der Waals surface area contributed by atoms with Crippen LogP contribution in [0.25, 0.3) is 0 Å². The average molecular weight is 269 g/mol. The van der Waals surface area contributed by atoms with Crippen LogP contribution in [0.5, 0.6) is 0 Å². The smallest absolute Gasteiger partial charge is 0.310 e. The van der Waals surface area contributed by atoms with Crippen molar-refractivity contribution in [1.82, 2.24) is 5.32 Å². The van der Waals surface area contributed by atoms with Gasteiger partial charge in [-0.2, -0.15) is 0 Å². The SMILES string of the molecule is CCC(CC)(CC(=O)NC(C)C1CCCC1)C(=O)O. The van der Waals surface area contributed by atoms with Crippen molar-refractivity contribution in [3.05, 3.63) is 0 Å². The lowest BCUT2D eigenvalue weighted by Gasteiger charge is -2.28. The molecule has 1 fully saturated rings. The van der Waals surface area contributed by atoms with Gasteiger partial charge in [-0.05, 0) is 38.5 Å². The van der Waals surface area contributed by atoms with E-state index in [1.54, 1.807) is 0 Å². The van der Waals surface area contributed by atoms with Crippen molar-refractivity contribution in [1.29, 1.82) is 0 Å². The van der Waals surface area contributed by atoms with Crippen LogP contribution in [-0.4, -0.2) is 23.0 Å². The minimum Gasteiger partial charge on any atom is -0.481 e. The van der Waals surface area contributed by atoms with Crippen molar-refractivity contribution in [2.45, 2.75) is 71.8 Å². The molecule has 1 amide bonds. The minimum atomic E-state index is -0.903.